The van der Waals surface area contributed by atoms with E-state index in [4.69, 9.17) is 5.73 Å². The van der Waals surface area contributed by atoms with Crippen molar-refractivity contribution in [3.05, 3.63) is 30.1 Å². The summed E-state index contributed by atoms with van der Waals surface area (Å²) in [4.78, 5) is 16.2. The summed E-state index contributed by atoms with van der Waals surface area (Å²) in [5, 5.41) is 3.04. The van der Waals surface area contributed by atoms with E-state index in [2.05, 4.69) is 10.3 Å². The van der Waals surface area contributed by atoms with Crippen LogP contribution in [0.4, 0.5) is 0 Å². The van der Waals surface area contributed by atoms with E-state index in [-0.39, 0.29) is 23.9 Å². The Kier molecular flexibility index (Phi) is 4.31. The van der Waals surface area contributed by atoms with Gasteiger partial charge in [0.05, 0.1) is 12.0 Å². The summed E-state index contributed by atoms with van der Waals surface area (Å²) >= 11 is 0. The number of nitrogens with two attached hydrogens (primary N) is 1. The second-order valence-electron chi connectivity index (χ2n) is 5.07. The number of carbonyl (C=O) groups is 1. The maximum Gasteiger partial charge on any atom is 0.225 e. The molecule has 4 nitrogen and oxygen atoms in total. The Morgan fingerprint density at radius 2 is 2.28 bits per heavy atom. The number of amides is 1. The lowest BCUT2D eigenvalue weighted by molar-refractivity contribution is -0.127. The van der Waals surface area contributed by atoms with Crippen LogP contribution >= 0.6 is 0 Å². The molecular formula is C14H21N3O. The normalized spacial score (nSPS) is 25.4. The van der Waals surface area contributed by atoms with Gasteiger partial charge in [-0.25, -0.2) is 0 Å². The Hall–Kier alpha value is -1.42. The van der Waals surface area contributed by atoms with E-state index in [9.17, 15) is 4.79 Å². The number of pyridine rings is 1. The second kappa shape index (κ2) is 5.96. The molecule has 18 heavy (non-hydrogen) atoms. The minimum Gasteiger partial charge on any atom is -0.349 e. The Labute approximate surface area is 108 Å². The van der Waals surface area contributed by atoms with Crippen LogP contribution in [0.2, 0.25) is 0 Å². The third-order valence-electron chi connectivity index (χ3n) is 3.70. The minimum absolute atomic E-state index is 0.0136. The van der Waals surface area contributed by atoms with Gasteiger partial charge in [-0.05, 0) is 31.4 Å². The van der Waals surface area contributed by atoms with Gasteiger partial charge < -0.3 is 11.1 Å². The average Bonchev–Trinajstić information content (AvgIpc) is 2.40. The first-order chi connectivity index (χ1) is 8.68. The Balaban J connectivity index is 1.94. The zero-order valence-corrected chi connectivity index (χ0v) is 10.8. The van der Waals surface area contributed by atoms with Gasteiger partial charge in [-0.15, -0.1) is 0 Å². The molecule has 1 aromatic heterocycles. The van der Waals surface area contributed by atoms with Crippen molar-refractivity contribution >= 4 is 5.91 Å². The fourth-order valence-electron chi connectivity index (χ4n) is 2.52. The summed E-state index contributed by atoms with van der Waals surface area (Å²) in [5.41, 5.74) is 7.04. The predicted octanol–water partition coefficient (Wildman–Crippen LogP) is 1.78. The molecule has 0 saturated heterocycles. The molecule has 4 heteroatoms. The van der Waals surface area contributed by atoms with Crippen LogP contribution < -0.4 is 11.1 Å². The maximum atomic E-state index is 12.2. The van der Waals surface area contributed by atoms with Crippen molar-refractivity contribution in [1.82, 2.24) is 10.3 Å². The smallest absolute Gasteiger partial charge is 0.225 e. The third-order valence-corrected chi connectivity index (χ3v) is 3.70. The van der Waals surface area contributed by atoms with Crippen LogP contribution in [0.5, 0.6) is 0 Å². The molecular weight excluding hydrogens is 226 g/mol. The lowest BCUT2D eigenvalue weighted by Crippen LogP contribution is -2.44. The van der Waals surface area contributed by atoms with Crippen LogP contribution in [0.15, 0.2) is 24.5 Å². The summed E-state index contributed by atoms with van der Waals surface area (Å²) in [6.45, 7) is 1.98. The van der Waals surface area contributed by atoms with Gasteiger partial charge >= 0.3 is 0 Å². The molecule has 1 aliphatic carbocycles. The fraction of sp³-hybridized carbons (Fsp3) is 0.571. The van der Waals surface area contributed by atoms with Gasteiger partial charge in [-0.1, -0.05) is 18.9 Å². The molecule has 3 atom stereocenters. The highest BCUT2D eigenvalue weighted by molar-refractivity contribution is 5.79. The first kappa shape index (κ1) is 13.0. The standard InChI is InChI=1S/C14H21N3O/c1-10(11-5-4-8-16-9-11)17-14(18)12-6-2-3-7-13(12)15/h4-5,8-10,12-13H,2-3,6-7,15H2,1H3,(H,17,18)/t10-,12?,13?/m0/s1. The number of hydrogen-bond donors (Lipinski definition) is 2. The van der Waals surface area contributed by atoms with Gasteiger partial charge in [-0.3, -0.25) is 9.78 Å². The molecule has 1 aliphatic rings. The molecule has 1 heterocycles. The topological polar surface area (TPSA) is 68.0 Å². The molecule has 1 amide bonds. The van der Waals surface area contributed by atoms with Crippen molar-refractivity contribution in [3.8, 4) is 0 Å². The zero-order chi connectivity index (χ0) is 13.0. The van der Waals surface area contributed by atoms with E-state index >= 15 is 0 Å². The van der Waals surface area contributed by atoms with Crippen LogP contribution in [0.25, 0.3) is 0 Å². The first-order valence-electron chi connectivity index (χ1n) is 6.64. The molecule has 1 saturated carbocycles. The van der Waals surface area contributed by atoms with Gasteiger partial charge in [-0.2, -0.15) is 0 Å². The quantitative estimate of drug-likeness (QED) is 0.855. The fourth-order valence-corrected chi connectivity index (χ4v) is 2.52. The van der Waals surface area contributed by atoms with E-state index in [0.29, 0.717) is 0 Å². The number of rotatable bonds is 3. The monoisotopic (exact) mass is 247 g/mol. The summed E-state index contributed by atoms with van der Waals surface area (Å²) in [6, 6.07) is 3.85. The minimum atomic E-state index is -0.0297. The SMILES string of the molecule is C[C@H](NC(=O)C1CCCCC1N)c1cccnc1. The highest BCUT2D eigenvalue weighted by Gasteiger charge is 2.28. The van der Waals surface area contributed by atoms with E-state index < -0.39 is 0 Å². The summed E-state index contributed by atoms with van der Waals surface area (Å²) < 4.78 is 0. The summed E-state index contributed by atoms with van der Waals surface area (Å²) in [7, 11) is 0. The van der Waals surface area contributed by atoms with Crippen LogP contribution in [-0.4, -0.2) is 16.9 Å². The average molecular weight is 247 g/mol. The molecule has 2 unspecified atom stereocenters. The number of carbonyl (C=O) groups excluding carboxylic acids is 1. The molecule has 3 N–H and O–H groups in total. The van der Waals surface area contributed by atoms with E-state index in [0.717, 1.165) is 31.2 Å². The van der Waals surface area contributed by atoms with Gasteiger partial charge in [0.15, 0.2) is 0 Å². The molecule has 0 bridgehead atoms. The molecule has 2 rings (SSSR count). The Morgan fingerprint density at radius 1 is 1.50 bits per heavy atom. The first-order valence-corrected chi connectivity index (χ1v) is 6.64. The van der Waals surface area contributed by atoms with Crippen molar-refractivity contribution < 1.29 is 4.79 Å². The molecule has 1 aromatic rings. The number of nitrogens with zero attached hydrogens (tertiary/aromatic N) is 1. The Morgan fingerprint density at radius 3 is 2.94 bits per heavy atom. The van der Waals surface area contributed by atoms with Crippen molar-refractivity contribution in [2.45, 2.75) is 44.7 Å². The molecule has 0 spiro atoms. The van der Waals surface area contributed by atoms with Crippen molar-refractivity contribution in [2.75, 3.05) is 0 Å². The van der Waals surface area contributed by atoms with Crippen LogP contribution in [0.1, 0.15) is 44.2 Å². The molecule has 0 aromatic carbocycles. The van der Waals surface area contributed by atoms with Gasteiger partial charge in [0, 0.05) is 18.4 Å². The number of hydrogen-bond acceptors (Lipinski definition) is 3. The molecule has 0 radical (unpaired) electrons. The van der Waals surface area contributed by atoms with E-state index in [1.807, 2.05) is 19.1 Å². The lowest BCUT2D eigenvalue weighted by Gasteiger charge is -2.28. The molecule has 1 fully saturated rings. The van der Waals surface area contributed by atoms with Crippen molar-refractivity contribution in [2.24, 2.45) is 11.7 Å². The van der Waals surface area contributed by atoms with Gasteiger partial charge in [0.1, 0.15) is 0 Å². The second-order valence-corrected chi connectivity index (χ2v) is 5.07. The molecule has 98 valence electrons. The number of nitrogens with one attached hydrogen (secondary N) is 1. The summed E-state index contributed by atoms with van der Waals surface area (Å²) in [6.07, 6.45) is 7.63. The largest absolute Gasteiger partial charge is 0.349 e. The van der Waals surface area contributed by atoms with E-state index in [1.165, 1.54) is 0 Å². The lowest BCUT2D eigenvalue weighted by atomic mass is 9.84. The van der Waals surface area contributed by atoms with Crippen LogP contribution in [0.3, 0.4) is 0 Å². The van der Waals surface area contributed by atoms with Crippen molar-refractivity contribution in [1.29, 1.82) is 0 Å². The third kappa shape index (κ3) is 3.07. The van der Waals surface area contributed by atoms with Gasteiger partial charge in [0.25, 0.3) is 0 Å². The Bertz CT molecular complexity index is 393. The van der Waals surface area contributed by atoms with E-state index in [1.54, 1.807) is 12.4 Å². The predicted molar refractivity (Wildman–Crippen MR) is 70.7 cm³/mol. The van der Waals surface area contributed by atoms with Crippen molar-refractivity contribution in [3.63, 3.8) is 0 Å². The van der Waals surface area contributed by atoms with Crippen LogP contribution in [-0.2, 0) is 4.79 Å². The molecule has 0 aliphatic heterocycles. The van der Waals surface area contributed by atoms with Crippen LogP contribution in [0, 0.1) is 5.92 Å². The highest BCUT2D eigenvalue weighted by atomic mass is 16.2. The number of aromatic nitrogens is 1. The summed E-state index contributed by atoms with van der Waals surface area (Å²) in [5.74, 6) is 0.0522. The zero-order valence-electron chi connectivity index (χ0n) is 10.8. The maximum absolute atomic E-state index is 12.2. The highest BCUT2D eigenvalue weighted by Crippen LogP contribution is 2.24. The van der Waals surface area contributed by atoms with Gasteiger partial charge in [0.2, 0.25) is 5.91 Å².